The molecule has 12 heteroatoms. The molecule has 2 heterocycles. The lowest BCUT2D eigenvalue weighted by Crippen LogP contribution is -2.33. The molecule has 3 N–H and O–H groups in total. The third-order valence-electron chi connectivity index (χ3n) is 7.46. The zero-order valence-corrected chi connectivity index (χ0v) is 26.5. The van der Waals surface area contributed by atoms with Crippen LogP contribution in [0.3, 0.4) is 0 Å². The number of para-hydroxylation sites is 1. The van der Waals surface area contributed by atoms with Crippen molar-refractivity contribution in [3.63, 3.8) is 0 Å². The highest BCUT2D eigenvalue weighted by molar-refractivity contribution is 7.93. The number of hydrogen-bond donors (Lipinski definition) is 2. The van der Waals surface area contributed by atoms with Gasteiger partial charge in [-0.15, -0.1) is 12.4 Å². The highest BCUT2D eigenvalue weighted by Gasteiger charge is 2.29. The molecule has 234 valence electrons. The molecule has 0 saturated carbocycles. The van der Waals surface area contributed by atoms with Gasteiger partial charge in [0.15, 0.2) is 5.78 Å². The molecular formula is C33H34ClN5O5S. The van der Waals surface area contributed by atoms with E-state index in [2.05, 4.69) is 4.98 Å². The van der Waals surface area contributed by atoms with Crippen molar-refractivity contribution in [2.24, 2.45) is 12.8 Å². The van der Waals surface area contributed by atoms with Crippen LogP contribution in [0.15, 0.2) is 90.1 Å². The van der Waals surface area contributed by atoms with Crippen molar-refractivity contribution in [3.8, 4) is 0 Å². The first-order valence-electron chi connectivity index (χ1n) is 14.2. The van der Waals surface area contributed by atoms with Crippen LogP contribution in [0, 0.1) is 5.41 Å². The van der Waals surface area contributed by atoms with E-state index in [4.69, 9.17) is 15.9 Å². The number of Topliss-reactive ketones (excluding diaryl/α,β-unsaturated/α-hetero) is 1. The summed E-state index contributed by atoms with van der Waals surface area (Å²) >= 11 is 0. The van der Waals surface area contributed by atoms with Gasteiger partial charge in [-0.05, 0) is 43.2 Å². The van der Waals surface area contributed by atoms with E-state index in [1.54, 1.807) is 85.5 Å². The Morgan fingerprint density at radius 2 is 1.76 bits per heavy atom. The van der Waals surface area contributed by atoms with E-state index in [1.165, 1.54) is 10.4 Å². The number of aromatic nitrogens is 2. The fraction of sp³-hybridized carbons (Fsp3) is 0.212. The minimum atomic E-state index is -4.16. The number of amidine groups is 1. The van der Waals surface area contributed by atoms with Gasteiger partial charge >= 0.3 is 5.97 Å². The number of esters is 1. The number of nitrogens with one attached hydrogen (secondary N) is 1. The molecule has 0 aliphatic carbocycles. The van der Waals surface area contributed by atoms with Crippen molar-refractivity contribution in [3.05, 3.63) is 102 Å². The quantitative estimate of drug-likeness (QED) is 0.0797. The van der Waals surface area contributed by atoms with Gasteiger partial charge in [0, 0.05) is 54.3 Å². The van der Waals surface area contributed by atoms with Crippen molar-refractivity contribution in [2.45, 2.75) is 31.1 Å². The fourth-order valence-corrected chi connectivity index (χ4v) is 6.84. The summed E-state index contributed by atoms with van der Waals surface area (Å²) in [4.78, 5) is 30.0. The summed E-state index contributed by atoms with van der Waals surface area (Å²) in [6.07, 6.45) is 3.94. The van der Waals surface area contributed by atoms with Gasteiger partial charge in [-0.25, -0.2) is 8.42 Å². The Morgan fingerprint density at radius 3 is 2.47 bits per heavy atom. The third kappa shape index (κ3) is 7.00. The van der Waals surface area contributed by atoms with Gasteiger partial charge in [0.1, 0.15) is 10.7 Å². The Kier molecular flexibility index (Phi) is 10.3. The molecule has 0 saturated heterocycles. The van der Waals surface area contributed by atoms with Crippen LogP contribution in [-0.2, 0) is 33.0 Å². The highest BCUT2D eigenvalue weighted by atomic mass is 35.5. The predicted molar refractivity (Wildman–Crippen MR) is 178 cm³/mol. The number of sulfonamides is 1. The van der Waals surface area contributed by atoms with Gasteiger partial charge in [-0.3, -0.25) is 24.3 Å². The average Bonchev–Trinajstić information content (AvgIpc) is 3.35. The number of nitrogen functional groups attached to an aromatic ring is 1. The van der Waals surface area contributed by atoms with Crippen LogP contribution in [0.5, 0.6) is 0 Å². The number of fused-ring (bicyclic) bond motifs is 2. The van der Waals surface area contributed by atoms with Crippen molar-refractivity contribution in [1.82, 2.24) is 9.55 Å². The minimum Gasteiger partial charge on any atom is -0.466 e. The molecule has 0 unspecified atom stereocenters. The molecule has 0 amide bonds. The summed E-state index contributed by atoms with van der Waals surface area (Å²) in [6, 6.07) is 20.8. The van der Waals surface area contributed by atoms with Crippen LogP contribution >= 0.6 is 12.4 Å². The Balaban J connectivity index is 0.00000461. The normalized spacial score (nSPS) is 11.2. The number of anilines is 1. The van der Waals surface area contributed by atoms with Crippen LogP contribution in [-0.4, -0.2) is 48.7 Å². The van der Waals surface area contributed by atoms with Gasteiger partial charge in [0.25, 0.3) is 10.0 Å². The maximum atomic E-state index is 14.2. The molecule has 0 atom stereocenters. The zero-order valence-electron chi connectivity index (χ0n) is 24.9. The van der Waals surface area contributed by atoms with Crippen molar-refractivity contribution >= 4 is 67.5 Å². The molecular weight excluding hydrogens is 614 g/mol. The van der Waals surface area contributed by atoms with Gasteiger partial charge in [-0.1, -0.05) is 48.5 Å². The van der Waals surface area contributed by atoms with Crippen LogP contribution in [0.1, 0.15) is 41.3 Å². The summed E-state index contributed by atoms with van der Waals surface area (Å²) in [7, 11) is -2.36. The topological polar surface area (TPSA) is 148 Å². The third-order valence-corrected chi connectivity index (χ3v) is 9.32. The molecule has 0 bridgehead atoms. The molecule has 0 fully saturated rings. The molecule has 0 spiro atoms. The second kappa shape index (κ2) is 13.9. The van der Waals surface area contributed by atoms with E-state index >= 15 is 0 Å². The lowest BCUT2D eigenvalue weighted by atomic mass is 10.0. The van der Waals surface area contributed by atoms with E-state index in [1.807, 2.05) is 12.1 Å². The monoisotopic (exact) mass is 647 g/mol. The second-order valence-corrected chi connectivity index (χ2v) is 12.2. The number of nitrogens with two attached hydrogens (primary N) is 1. The summed E-state index contributed by atoms with van der Waals surface area (Å²) < 4.78 is 36.4. The van der Waals surface area contributed by atoms with Crippen LogP contribution in [0.4, 0.5) is 5.69 Å². The summed E-state index contributed by atoms with van der Waals surface area (Å²) in [5.74, 6) is -0.566. The number of ether oxygens (including phenoxy) is 1. The number of hydrogen-bond acceptors (Lipinski definition) is 7. The van der Waals surface area contributed by atoms with E-state index in [0.29, 0.717) is 45.0 Å². The van der Waals surface area contributed by atoms with Gasteiger partial charge in [-0.2, -0.15) is 0 Å². The Morgan fingerprint density at radius 1 is 1.02 bits per heavy atom. The standard InChI is InChI=1S/C33H33N5O5S.ClH/c1-3-43-31(40)17-19-38(44(41,42)30-8-4-6-23-7-5-18-36-32(23)30)25-14-15-26-27(21-37(2)28(26)20-25)29(39)16-11-22-9-12-24(13-10-22)33(34)35;/h4-10,12-15,18,20-21H,3,11,16-17,19H2,1-2H3,(H3,34,35);1H. The number of ketones is 1. The van der Waals surface area contributed by atoms with E-state index < -0.39 is 16.0 Å². The Bertz CT molecular complexity index is 1990. The molecule has 5 aromatic rings. The fourth-order valence-electron chi connectivity index (χ4n) is 5.21. The summed E-state index contributed by atoms with van der Waals surface area (Å²) in [5, 5.41) is 8.91. The van der Waals surface area contributed by atoms with Gasteiger partial charge < -0.3 is 15.0 Å². The largest absolute Gasteiger partial charge is 0.466 e. The van der Waals surface area contributed by atoms with Crippen LogP contribution in [0.2, 0.25) is 0 Å². The molecule has 0 aliphatic heterocycles. The SMILES string of the molecule is CCOC(=O)CCN(c1ccc2c(C(=O)CCc3ccc(C(=N)N)cc3)cn(C)c2c1)S(=O)(=O)c1cccc2cccnc12.Cl. The van der Waals surface area contributed by atoms with Crippen molar-refractivity contribution in [1.29, 1.82) is 5.41 Å². The molecule has 5 rings (SSSR count). The number of carbonyl (C=O) groups excluding carboxylic acids is 2. The molecule has 3 aromatic carbocycles. The zero-order chi connectivity index (χ0) is 31.4. The van der Waals surface area contributed by atoms with E-state index in [-0.39, 0.29) is 54.9 Å². The smallest absolute Gasteiger partial charge is 0.307 e. The number of halogens is 1. The van der Waals surface area contributed by atoms with E-state index in [9.17, 15) is 18.0 Å². The summed E-state index contributed by atoms with van der Waals surface area (Å²) in [6.45, 7) is 1.74. The number of nitrogens with zero attached hydrogens (tertiary/aromatic N) is 3. The Labute approximate surface area is 267 Å². The first kappa shape index (κ1) is 33.2. The van der Waals surface area contributed by atoms with Crippen LogP contribution < -0.4 is 10.0 Å². The lowest BCUT2D eigenvalue weighted by Gasteiger charge is -2.25. The molecule has 2 aromatic heterocycles. The molecule has 10 nitrogen and oxygen atoms in total. The summed E-state index contributed by atoms with van der Waals surface area (Å²) in [5.41, 5.74) is 9.00. The molecule has 45 heavy (non-hydrogen) atoms. The highest BCUT2D eigenvalue weighted by Crippen LogP contribution is 2.32. The van der Waals surface area contributed by atoms with Crippen molar-refractivity contribution < 1.29 is 22.7 Å². The second-order valence-electron chi connectivity index (χ2n) is 10.4. The van der Waals surface area contributed by atoms with Crippen molar-refractivity contribution in [2.75, 3.05) is 17.5 Å². The maximum absolute atomic E-state index is 14.2. The van der Waals surface area contributed by atoms with E-state index in [0.717, 1.165) is 5.56 Å². The number of aryl methyl sites for hydroxylation is 2. The van der Waals surface area contributed by atoms with Crippen LogP contribution in [0.25, 0.3) is 21.8 Å². The number of carbonyl (C=O) groups is 2. The average molecular weight is 648 g/mol. The first-order chi connectivity index (χ1) is 21.1. The maximum Gasteiger partial charge on any atom is 0.307 e. The minimum absolute atomic E-state index is 0. The van der Waals surface area contributed by atoms with Gasteiger partial charge in [0.05, 0.1) is 29.7 Å². The predicted octanol–water partition coefficient (Wildman–Crippen LogP) is 5.40. The molecule has 0 radical (unpaired) electrons. The van der Waals surface area contributed by atoms with Gasteiger partial charge in [0.2, 0.25) is 0 Å². The number of benzene rings is 3. The molecule has 0 aliphatic rings. The first-order valence-corrected chi connectivity index (χ1v) is 15.6. The lowest BCUT2D eigenvalue weighted by molar-refractivity contribution is -0.142. The number of pyridine rings is 1. The number of rotatable bonds is 12. The Hall–Kier alpha value is -4.74.